The Bertz CT molecular complexity index is 2110. The molecule has 0 radical (unpaired) electrons. The third-order valence-electron chi connectivity index (χ3n) is 10.2. The van der Waals surface area contributed by atoms with Crippen LogP contribution in [0.25, 0.3) is 34.4 Å². The van der Waals surface area contributed by atoms with Crippen molar-refractivity contribution in [2.45, 2.75) is 58.7 Å². The van der Waals surface area contributed by atoms with Gasteiger partial charge in [-0.05, 0) is 111 Å². The highest BCUT2D eigenvalue weighted by Gasteiger charge is 2.21. The summed E-state index contributed by atoms with van der Waals surface area (Å²) in [5.74, 6) is 0. The Kier molecular flexibility index (Phi) is 10.3. The zero-order chi connectivity index (χ0) is 34.3. The predicted octanol–water partition coefficient (Wildman–Crippen LogP) is 12.2. The van der Waals surface area contributed by atoms with Crippen LogP contribution in [0.1, 0.15) is 88.8 Å². The lowest BCUT2D eigenvalue weighted by Gasteiger charge is -2.24. The lowest BCUT2D eigenvalue weighted by atomic mass is 9.81. The maximum Gasteiger partial charge on any atom is 0.126 e. The number of hydrogen-bond acceptors (Lipinski definition) is 2. The molecule has 2 nitrogen and oxygen atoms in total. The van der Waals surface area contributed by atoms with Crippen molar-refractivity contribution in [3.8, 4) is 11.1 Å². The molecule has 5 aromatic rings. The summed E-state index contributed by atoms with van der Waals surface area (Å²) in [5, 5.41) is 3.87. The molecule has 248 valence electrons. The van der Waals surface area contributed by atoms with Gasteiger partial charge in [-0.1, -0.05) is 159 Å². The Balaban J connectivity index is 1.25. The van der Waals surface area contributed by atoms with Gasteiger partial charge >= 0.3 is 0 Å². The number of nitrogens with zero attached hydrogens (tertiary/aromatic N) is 1. The first-order valence-corrected chi connectivity index (χ1v) is 18.1. The molecular formula is C48H46N2. The average molecular weight is 651 g/mol. The average Bonchev–Trinajstić information content (AvgIpc) is 3.18. The Morgan fingerprint density at radius 2 is 1.46 bits per heavy atom. The summed E-state index contributed by atoms with van der Waals surface area (Å²) in [7, 11) is 0. The molecule has 0 heterocycles. The molecule has 0 bridgehead atoms. The van der Waals surface area contributed by atoms with Gasteiger partial charge in [0.1, 0.15) is 6.17 Å². The maximum absolute atomic E-state index is 5.33. The zero-order valence-corrected chi connectivity index (χ0v) is 29.3. The van der Waals surface area contributed by atoms with Crippen LogP contribution in [0.2, 0.25) is 0 Å². The van der Waals surface area contributed by atoms with E-state index in [1.54, 1.807) is 0 Å². The highest BCUT2D eigenvalue weighted by molar-refractivity contribution is 6.00. The topological polar surface area (TPSA) is 24.4 Å². The number of hydrogen-bond donors (Lipinski definition) is 1. The molecule has 2 aliphatic rings. The van der Waals surface area contributed by atoms with Crippen molar-refractivity contribution in [1.82, 2.24) is 5.32 Å². The SMILES string of the molecule is C=Cc1cccc(C2=CC=C(c3cccc4c3CCC=C4)CC2)c1-c1c(C)cccc1CNC(N=C(CC)c1ccccc1)c1ccccc1. The number of aryl methyl sites for hydroxylation is 1. The summed E-state index contributed by atoms with van der Waals surface area (Å²) in [6, 6.07) is 41.3. The Labute approximate surface area is 298 Å². The van der Waals surface area contributed by atoms with Crippen LogP contribution in [0.3, 0.4) is 0 Å². The number of fused-ring (bicyclic) bond motifs is 1. The minimum Gasteiger partial charge on any atom is -0.288 e. The second-order valence-corrected chi connectivity index (χ2v) is 13.3. The minimum atomic E-state index is -0.183. The molecule has 2 heteroatoms. The largest absolute Gasteiger partial charge is 0.288 e. The minimum absolute atomic E-state index is 0.183. The number of allylic oxidation sites excluding steroid dienone is 5. The van der Waals surface area contributed by atoms with Crippen molar-refractivity contribution in [2.24, 2.45) is 4.99 Å². The Hall–Kier alpha value is -5.31. The van der Waals surface area contributed by atoms with Crippen molar-refractivity contribution >= 4 is 29.0 Å². The van der Waals surface area contributed by atoms with Crippen molar-refractivity contribution in [1.29, 1.82) is 0 Å². The Morgan fingerprint density at radius 1 is 0.760 bits per heavy atom. The zero-order valence-electron chi connectivity index (χ0n) is 29.3. The van der Waals surface area contributed by atoms with Crippen LogP contribution in [-0.4, -0.2) is 5.71 Å². The van der Waals surface area contributed by atoms with E-state index in [1.165, 1.54) is 61.2 Å². The molecule has 5 aromatic carbocycles. The third kappa shape index (κ3) is 7.04. The molecule has 0 saturated heterocycles. The molecule has 0 spiro atoms. The van der Waals surface area contributed by atoms with Gasteiger partial charge in [-0.15, -0.1) is 0 Å². The first-order valence-electron chi connectivity index (χ1n) is 18.1. The van der Waals surface area contributed by atoms with E-state index < -0.39 is 0 Å². The van der Waals surface area contributed by atoms with Gasteiger partial charge < -0.3 is 0 Å². The molecule has 0 aromatic heterocycles. The second-order valence-electron chi connectivity index (χ2n) is 13.3. The summed E-state index contributed by atoms with van der Waals surface area (Å²) in [6.07, 6.45) is 16.3. The van der Waals surface area contributed by atoms with Crippen molar-refractivity contribution in [3.05, 3.63) is 190 Å². The lowest BCUT2D eigenvalue weighted by molar-refractivity contribution is 0.554. The summed E-state index contributed by atoms with van der Waals surface area (Å²) in [6.45, 7) is 9.36. The van der Waals surface area contributed by atoms with Gasteiger partial charge in [0.2, 0.25) is 0 Å². The third-order valence-corrected chi connectivity index (χ3v) is 10.2. The molecule has 50 heavy (non-hydrogen) atoms. The number of benzene rings is 5. The van der Waals surface area contributed by atoms with Crippen molar-refractivity contribution in [2.75, 3.05) is 0 Å². The molecule has 0 fully saturated rings. The molecule has 0 aliphatic heterocycles. The van der Waals surface area contributed by atoms with Crippen LogP contribution >= 0.6 is 0 Å². The monoisotopic (exact) mass is 650 g/mol. The van der Waals surface area contributed by atoms with Gasteiger partial charge in [-0.2, -0.15) is 0 Å². The van der Waals surface area contributed by atoms with E-state index in [0.29, 0.717) is 6.54 Å². The number of rotatable bonds is 11. The number of aliphatic imine (C=N–C) groups is 1. The van der Waals surface area contributed by atoms with Gasteiger partial charge in [0.05, 0.1) is 0 Å². The predicted molar refractivity (Wildman–Crippen MR) is 215 cm³/mol. The molecular weight excluding hydrogens is 605 g/mol. The summed E-state index contributed by atoms with van der Waals surface area (Å²) in [5.41, 5.74) is 18.0. The Morgan fingerprint density at radius 3 is 2.20 bits per heavy atom. The van der Waals surface area contributed by atoms with Gasteiger partial charge in [-0.25, -0.2) is 0 Å². The quantitative estimate of drug-likeness (QED) is 0.141. The molecule has 1 N–H and O–H groups in total. The van der Waals surface area contributed by atoms with E-state index in [1.807, 2.05) is 6.08 Å². The first-order chi connectivity index (χ1) is 24.6. The number of nitrogens with one attached hydrogen (secondary N) is 1. The van der Waals surface area contributed by atoms with E-state index >= 15 is 0 Å². The molecule has 0 amide bonds. The van der Waals surface area contributed by atoms with Crippen LogP contribution in [0.15, 0.2) is 145 Å². The van der Waals surface area contributed by atoms with E-state index in [-0.39, 0.29) is 6.17 Å². The van der Waals surface area contributed by atoms with Crippen LogP contribution in [0, 0.1) is 6.92 Å². The van der Waals surface area contributed by atoms with Gasteiger partial charge in [0.25, 0.3) is 0 Å². The van der Waals surface area contributed by atoms with Crippen LogP contribution in [0.5, 0.6) is 0 Å². The van der Waals surface area contributed by atoms with Crippen LogP contribution < -0.4 is 5.32 Å². The molecule has 2 aliphatic carbocycles. The van der Waals surface area contributed by atoms with Crippen LogP contribution in [-0.2, 0) is 13.0 Å². The first kappa shape index (κ1) is 33.2. The molecule has 0 saturated carbocycles. The van der Waals surface area contributed by atoms with Crippen molar-refractivity contribution in [3.63, 3.8) is 0 Å². The normalized spacial score (nSPS) is 14.8. The fraction of sp³-hybridized carbons (Fsp3) is 0.188. The smallest absolute Gasteiger partial charge is 0.126 e. The van der Waals surface area contributed by atoms with Crippen molar-refractivity contribution < 1.29 is 0 Å². The van der Waals surface area contributed by atoms with E-state index in [2.05, 4.69) is 165 Å². The van der Waals surface area contributed by atoms with Gasteiger partial charge in [0, 0.05) is 12.3 Å². The molecule has 1 unspecified atom stereocenters. The van der Waals surface area contributed by atoms with Gasteiger partial charge in [-0.3, -0.25) is 10.3 Å². The fourth-order valence-corrected chi connectivity index (χ4v) is 7.62. The maximum atomic E-state index is 5.33. The highest BCUT2D eigenvalue weighted by Crippen LogP contribution is 2.42. The highest BCUT2D eigenvalue weighted by atomic mass is 15.1. The summed E-state index contributed by atoms with van der Waals surface area (Å²) < 4.78 is 0. The standard InChI is InChI=1S/C48H46N2/c1-4-35-23-15-28-44(38-31-29-37(30-32-38)43-27-16-24-36-18-12-13-26-42(36)43)47(35)46-34(3)17-14-25-41(46)33-49-48(40-21-10-7-11-22-40)50-45(5-2)39-19-8-6-9-20-39/h4,6-12,14-25,27-29,31,48-49H,1,5,13,26,30,32-33H2,2-3H3. The van der Waals surface area contributed by atoms with E-state index in [0.717, 1.165) is 48.9 Å². The second kappa shape index (κ2) is 15.5. The fourth-order valence-electron chi connectivity index (χ4n) is 7.62. The van der Waals surface area contributed by atoms with E-state index in [9.17, 15) is 0 Å². The molecule has 7 rings (SSSR count). The van der Waals surface area contributed by atoms with Gasteiger partial charge in [0.15, 0.2) is 0 Å². The van der Waals surface area contributed by atoms with E-state index in [4.69, 9.17) is 4.99 Å². The summed E-state index contributed by atoms with van der Waals surface area (Å²) >= 11 is 0. The van der Waals surface area contributed by atoms with Crippen LogP contribution in [0.4, 0.5) is 0 Å². The molecule has 1 atom stereocenters. The summed E-state index contributed by atoms with van der Waals surface area (Å²) in [4.78, 5) is 5.33. The lowest BCUT2D eigenvalue weighted by Crippen LogP contribution is -2.21.